The molecule has 3 rings (SSSR count). The Morgan fingerprint density at radius 2 is 1.60 bits per heavy atom. The minimum absolute atomic E-state index is 0.0954. The molecule has 7 heteroatoms. The average molecular weight is 482 g/mol. The van der Waals surface area contributed by atoms with E-state index in [0.717, 1.165) is 11.1 Å². The number of ketones is 2. The number of aliphatic hydroxyl groups excluding tert-OH is 3. The number of amides is 1. The van der Waals surface area contributed by atoms with Crippen LogP contribution in [0, 0.1) is 29.6 Å². The van der Waals surface area contributed by atoms with Crippen molar-refractivity contribution in [3.63, 3.8) is 0 Å². The van der Waals surface area contributed by atoms with Crippen LogP contribution in [0.5, 0.6) is 0 Å². The zero-order valence-corrected chi connectivity index (χ0v) is 20.4. The lowest BCUT2D eigenvalue weighted by Crippen LogP contribution is -2.59. The Labute approximate surface area is 206 Å². The average Bonchev–Trinajstić information content (AvgIpc) is 2.82. The number of fused-ring (bicyclic) bond motifs is 3. The molecule has 8 atom stereocenters. The van der Waals surface area contributed by atoms with Crippen molar-refractivity contribution in [3.8, 4) is 0 Å². The standard InChI is InChI=1S/C28H35NO6/c1-16-9-10-19(30)14-23(31)29-15-17(2)7-5-4-6-8-18(3)20-11-12-21-24(22(20)13-16)26(33)28(35)27(34)25(21)32/h4-13,17,20-22,24,26-28,33-35H,14-15H2,1-3H3,(H,29,31)/b6-4-,7-5-,10-9-,16-13-,18-8-/t17-,20-,21-,22-,24-,26-,27-,28+/m1/s1. The lowest BCUT2D eigenvalue weighted by atomic mass is 9.60. The molecule has 1 heterocycles. The van der Waals surface area contributed by atoms with E-state index in [1.54, 1.807) is 19.1 Å². The van der Waals surface area contributed by atoms with Crippen LogP contribution in [0.4, 0.5) is 0 Å². The highest BCUT2D eigenvalue weighted by molar-refractivity contribution is 6.03. The van der Waals surface area contributed by atoms with Crippen molar-refractivity contribution in [2.24, 2.45) is 29.6 Å². The monoisotopic (exact) mass is 481 g/mol. The summed E-state index contributed by atoms with van der Waals surface area (Å²) >= 11 is 0. The lowest BCUT2D eigenvalue weighted by Gasteiger charge is -2.46. The summed E-state index contributed by atoms with van der Waals surface area (Å²) in [6, 6.07) is 0. The van der Waals surface area contributed by atoms with Crippen LogP contribution in [0.1, 0.15) is 27.2 Å². The number of aliphatic hydroxyl groups is 3. The third-order valence-electron chi connectivity index (χ3n) is 6.98. The molecule has 0 saturated heterocycles. The summed E-state index contributed by atoms with van der Waals surface area (Å²) in [5.74, 6) is -2.99. The second-order valence-corrected chi connectivity index (χ2v) is 9.77. The largest absolute Gasteiger partial charge is 0.390 e. The van der Waals surface area contributed by atoms with Gasteiger partial charge in [-0.3, -0.25) is 14.4 Å². The number of hydrogen-bond donors (Lipinski definition) is 4. The van der Waals surface area contributed by atoms with Gasteiger partial charge >= 0.3 is 0 Å². The molecule has 0 unspecified atom stereocenters. The first-order valence-corrected chi connectivity index (χ1v) is 12.0. The normalized spacial score (nSPS) is 42.6. The maximum absolute atomic E-state index is 12.7. The predicted octanol–water partition coefficient (Wildman–Crippen LogP) is 1.97. The Kier molecular flexibility index (Phi) is 8.94. The maximum Gasteiger partial charge on any atom is 0.227 e. The molecule has 0 radical (unpaired) electrons. The van der Waals surface area contributed by atoms with E-state index in [2.05, 4.69) is 5.32 Å². The number of carbonyl (C=O) groups is 3. The Morgan fingerprint density at radius 3 is 2.34 bits per heavy atom. The molecule has 1 saturated carbocycles. The fraction of sp³-hybridized carbons (Fsp3) is 0.464. The van der Waals surface area contributed by atoms with Crippen molar-refractivity contribution >= 4 is 17.5 Å². The van der Waals surface area contributed by atoms with Crippen molar-refractivity contribution in [1.29, 1.82) is 0 Å². The first-order chi connectivity index (χ1) is 16.6. The highest BCUT2D eigenvalue weighted by Crippen LogP contribution is 2.45. The van der Waals surface area contributed by atoms with E-state index in [1.165, 1.54) is 6.08 Å². The van der Waals surface area contributed by atoms with E-state index in [-0.39, 0.29) is 35.9 Å². The smallest absolute Gasteiger partial charge is 0.227 e. The van der Waals surface area contributed by atoms with Crippen LogP contribution in [-0.4, -0.2) is 57.6 Å². The summed E-state index contributed by atoms with van der Waals surface area (Å²) < 4.78 is 0. The molecule has 35 heavy (non-hydrogen) atoms. The Bertz CT molecular complexity index is 1020. The quantitative estimate of drug-likeness (QED) is 0.310. The van der Waals surface area contributed by atoms with Crippen LogP contribution in [0.2, 0.25) is 0 Å². The van der Waals surface area contributed by atoms with E-state index in [9.17, 15) is 29.7 Å². The fourth-order valence-electron chi connectivity index (χ4n) is 4.99. The molecule has 2 aliphatic carbocycles. The summed E-state index contributed by atoms with van der Waals surface area (Å²) in [6.07, 6.45) is 13.4. The lowest BCUT2D eigenvalue weighted by molar-refractivity contribution is -0.165. The molecule has 0 bridgehead atoms. The summed E-state index contributed by atoms with van der Waals surface area (Å²) in [7, 11) is 0. The number of rotatable bonds is 0. The molecular formula is C28H35NO6. The number of Topliss-reactive ketones (excluding diaryl/α,β-unsaturated/α-hetero) is 1. The van der Waals surface area contributed by atoms with E-state index in [0.29, 0.717) is 6.54 Å². The SMILES string of the molecule is CC1=C/[C@H]2[C@@H]3[C@@H](O)[C@H](O)[C@H](O)C(=O)[C@@H]3C=C[C@@H]2\C(C)=C/C=C\C=C/[C@@H](C)CNC(=O)CC(=O)/C=C\1. The molecule has 7 nitrogen and oxygen atoms in total. The van der Waals surface area contributed by atoms with Gasteiger partial charge in [0.05, 0.1) is 12.5 Å². The molecule has 0 spiro atoms. The minimum Gasteiger partial charge on any atom is -0.390 e. The van der Waals surface area contributed by atoms with E-state index >= 15 is 0 Å². The number of hydrogen-bond acceptors (Lipinski definition) is 6. The molecule has 1 amide bonds. The molecule has 1 aliphatic heterocycles. The van der Waals surface area contributed by atoms with Gasteiger partial charge in [-0.05, 0) is 31.8 Å². The maximum atomic E-state index is 12.7. The van der Waals surface area contributed by atoms with Crippen molar-refractivity contribution in [2.45, 2.75) is 45.5 Å². The van der Waals surface area contributed by atoms with Crippen LogP contribution in [0.3, 0.4) is 0 Å². The van der Waals surface area contributed by atoms with E-state index in [4.69, 9.17) is 0 Å². The fourth-order valence-corrected chi connectivity index (χ4v) is 4.99. The summed E-state index contributed by atoms with van der Waals surface area (Å²) in [6.45, 7) is 6.18. The van der Waals surface area contributed by atoms with Gasteiger partial charge < -0.3 is 20.6 Å². The Balaban J connectivity index is 2.03. The van der Waals surface area contributed by atoms with Gasteiger partial charge in [-0.2, -0.15) is 0 Å². The number of carbonyl (C=O) groups excluding carboxylic acids is 3. The van der Waals surface area contributed by atoms with Gasteiger partial charge in [-0.15, -0.1) is 0 Å². The van der Waals surface area contributed by atoms with Gasteiger partial charge in [0.25, 0.3) is 0 Å². The van der Waals surface area contributed by atoms with Crippen LogP contribution < -0.4 is 5.32 Å². The second kappa shape index (κ2) is 11.7. The third kappa shape index (κ3) is 6.42. The van der Waals surface area contributed by atoms with Crippen molar-refractivity contribution < 1.29 is 29.7 Å². The summed E-state index contributed by atoms with van der Waals surface area (Å²) in [5.41, 5.74) is 1.73. The van der Waals surface area contributed by atoms with Gasteiger partial charge in [-0.25, -0.2) is 0 Å². The number of allylic oxidation sites excluding steroid dienone is 11. The van der Waals surface area contributed by atoms with E-state index < -0.39 is 35.9 Å². The van der Waals surface area contributed by atoms with Gasteiger partial charge in [0.1, 0.15) is 12.2 Å². The van der Waals surface area contributed by atoms with Gasteiger partial charge in [-0.1, -0.05) is 72.8 Å². The molecule has 1 fully saturated rings. The molecule has 3 aliphatic rings. The van der Waals surface area contributed by atoms with Gasteiger partial charge in [0.2, 0.25) is 5.91 Å². The second-order valence-electron chi connectivity index (χ2n) is 9.77. The topological polar surface area (TPSA) is 124 Å². The minimum atomic E-state index is -1.63. The predicted molar refractivity (Wildman–Crippen MR) is 133 cm³/mol. The van der Waals surface area contributed by atoms with Crippen LogP contribution >= 0.6 is 0 Å². The van der Waals surface area contributed by atoms with Crippen LogP contribution in [0.15, 0.2) is 71.9 Å². The van der Waals surface area contributed by atoms with Crippen molar-refractivity contribution in [2.75, 3.05) is 6.54 Å². The summed E-state index contributed by atoms with van der Waals surface area (Å²) in [5, 5.41) is 34.1. The highest BCUT2D eigenvalue weighted by Gasteiger charge is 2.52. The molecule has 0 aromatic carbocycles. The zero-order valence-electron chi connectivity index (χ0n) is 20.4. The zero-order chi connectivity index (χ0) is 25.7. The number of nitrogens with one attached hydrogen (secondary N) is 1. The Hall–Kier alpha value is -2.87. The van der Waals surface area contributed by atoms with Gasteiger partial charge in [0.15, 0.2) is 11.6 Å². The van der Waals surface area contributed by atoms with Crippen LogP contribution in [-0.2, 0) is 14.4 Å². The van der Waals surface area contributed by atoms with E-state index in [1.807, 2.05) is 56.4 Å². The molecule has 188 valence electrons. The van der Waals surface area contributed by atoms with Gasteiger partial charge in [0, 0.05) is 24.3 Å². The van der Waals surface area contributed by atoms with Crippen molar-refractivity contribution in [1.82, 2.24) is 5.32 Å². The molecule has 0 aromatic heterocycles. The first kappa shape index (κ1) is 26.7. The first-order valence-electron chi connectivity index (χ1n) is 12.0. The van der Waals surface area contributed by atoms with Crippen molar-refractivity contribution in [3.05, 3.63) is 71.9 Å². The van der Waals surface area contributed by atoms with Crippen LogP contribution in [0.25, 0.3) is 0 Å². The third-order valence-corrected chi connectivity index (χ3v) is 6.98. The molecular weight excluding hydrogens is 446 g/mol. The Morgan fingerprint density at radius 1 is 0.886 bits per heavy atom. The molecule has 4 N–H and O–H groups in total. The highest BCUT2D eigenvalue weighted by atomic mass is 16.4. The molecule has 0 aromatic rings. The summed E-state index contributed by atoms with van der Waals surface area (Å²) in [4.78, 5) is 37.1.